The number of anilines is 3. The molecule has 29 heavy (non-hydrogen) atoms. The van der Waals surface area contributed by atoms with Gasteiger partial charge in [-0.2, -0.15) is 0 Å². The highest BCUT2D eigenvalue weighted by molar-refractivity contribution is 6.15. The number of carbonyl (C=O) groups excluding carboxylic acids is 1. The molecule has 0 saturated carbocycles. The molecule has 2 heterocycles. The number of aryl methyl sites for hydroxylation is 2. The molecule has 7 heteroatoms. The van der Waals surface area contributed by atoms with Crippen LogP contribution in [-0.4, -0.2) is 28.7 Å². The number of nitrogens with one attached hydrogen (secondary N) is 3. The highest BCUT2D eigenvalue weighted by atomic mass is 16.5. The molecule has 0 unspecified atom stereocenters. The fourth-order valence-electron chi connectivity index (χ4n) is 2.97. The number of methoxy groups -OCH3 is 1. The second-order valence-corrected chi connectivity index (χ2v) is 6.63. The molecular weight excluding hydrogens is 366 g/mol. The molecule has 1 aromatic carbocycles. The number of benzene rings is 1. The van der Waals surface area contributed by atoms with E-state index in [1.165, 1.54) is 7.11 Å². The summed E-state index contributed by atoms with van der Waals surface area (Å²) in [5.41, 5.74) is 3.75. The third-order valence-electron chi connectivity index (χ3n) is 4.27. The number of aromatic nitrogens is 2. The van der Waals surface area contributed by atoms with Gasteiger partial charge in [0.05, 0.1) is 24.4 Å². The van der Waals surface area contributed by atoms with Crippen LogP contribution >= 0.6 is 0 Å². The van der Waals surface area contributed by atoms with Gasteiger partial charge in [-0.1, -0.05) is 18.2 Å². The lowest BCUT2D eigenvalue weighted by Crippen LogP contribution is -2.19. The Morgan fingerprint density at radius 2 is 1.83 bits per heavy atom. The molecule has 0 radical (unpaired) electrons. The van der Waals surface area contributed by atoms with Crippen LogP contribution in [0.2, 0.25) is 0 Å². The molecule has 7 nitrogen and oxygen atoms in total. The standard InChI is InChI=1S/C22H23N5O2/c1-13-11-19(29-4)18(12-24-13)27-22(28)17-10-14(2)25-21(20(17)15(3)23)26-16-8-6-5-7-9-16/h5-12,23H,1-4H3,(H,25,26)(H,27,28). The molecule has 3 aromatic rings. The topological polar surface area (TPSA) is 100.0 Å². The lowest BCUT2D eigenvalue weighted by Gasteiger charge is -2.17. The number of rotatable bonds is 6. The molecule has 0 spiro atoms. The second kappa shape index (κ2) is 8.52. The van der Waals surface area contributed by atoms with Crippen LogP contribution in [0.3, 0.4) is 0 Å². The normalized spacial score (nSPS) is 10.3. The zero-order chi connectivity index (χ0) is 21.0. The van der Waals surface area contributed by atoms with Crippen molar-refractivity contribution in [2.24, 2.45) is 0 Å². The van der Waals surface area contributed by atoms with E-state index in [1.807, 2.05) is 44.2 Å². The van der Waals surface area contributed by atoms with Crippen molar-refractivity contribution in [3.8, 4) is 5.75 Å². The van der Waals surface area contributed by atoms with Gasteiger partial charge in [0, 0.05) is 28.9 Å². The van der Waals surface area contributed by atoms with E-state index in [9.17, 15) is 4.79 Å². The summed E-state index contributed by atoms with van der Waals surface area (Å²) in [4.78, 5) is 21.8. The summed E-state index contributed by atoms with van der Waals surface area (Å²) in [7, 11) is 1.54. The molecule has 0 saturated heterocycles. The van der Waals surface area contributed by atoms with E-state index in [-0.39, 0.29) is 11.6 Å². The molecule has 3 N–H and O–H groups in total. The van der Waals surface area contributed by atoms with E-state index >= 15 is 0 Å². The molecule has 0 aliphatic rings. The third kappa shape index (κ3) is 4.57. The van der Waals surface area contributed by atoms with Crippen LogP contribution in [0.4, 0.5) is 17.2 Å². The maximum atomic E-state index is 13.1. The van der Waals surface area contributed by atoms with Crippen molar-refractivity contribution in [2.45, 2.75) is 20.8 Å². The zero-order valence-electron chi connectivity index (χ0n) is 16.8. The first-order chi connectivity index (χ1) is 13.9. The number of carbonyl (C=O) groups is 1. The van der Waals surface area contributed by atoms with Crippen LogP contribution in [0.1, 0.15) is 34.2 Å². The molecule has 3 rings (SSSR count). The Morgan fingerprint density at radius 1 is 1.10 bits per heavy atom. The largest absolute Gasteiger partial charge is 0.494 e. The summed E-state index contributed by atoms with van der Waals surface area (Å²) in [6.07, 6.45) is 1.56. The number of hydrogen-bond donors (Lipinski definition) is 3. The van der Waals surface area contributed by atoms with Gasteiger partial charge in [-0.15, -0.1) is 0 Å². The van der Waals surface area contributed by atoms with Gasteiger partial charge in [0.15, 0.2) is 0 Å². The number of amides is 1. The molecule has 0 aliphatic carbocycles. The predicted octanol–water partition coefficient (Wildman–Crippen LogP) is 4.49. The molecule has 148 valence electrons. The second-order valence-electron chi connectivity index (χ2n) is 6.63. The zero-order valence-corrected chi connectivity index (χ0v) is 16.8. The number of ether oxygens (including phenoxy) is 1. The first-order valence-electron chi connectivity index (χ1n) is 9.10. The first-order valence-corrected chi connectivity index (χ1v) is 9.10. The van der Waals surface area contributed by atoms with Crippen molar-refractivity contribution < 1.29 is 9.53 Å². The minimum absolute atomic E-state index is 0.232. The van der Waals surface area contributed by atoms with E-state index in [0.29, 0.717) is 34.1 Å². The summed E-state index contributed by atoms with van der Waals surface area (Å²) in [5.74, 6) is 0.618. The highest BCUT2D eigenvalue weighted by Crippen LogP contribution is 2.27. The van der Waals surface area contributed by atoms with Gasteiger partial charge in [0.1, 0.15) is 17.3 Å². The van der Waals surface area contributed by atoms with E-state index in [1.54, 1.807) is 25.3 Å². The molecule has 0 aliphatic heterocycles. The molecular formula is C22H23N5O2. The van der Waals surface area contributed by atoms with Gasteiger partial charge >= 0.3 is 0 Å². The van der Waals surface area contributed by atoms with E-state index in [0.717, 1.165) is 11.4 Å². The third-order valence-corrected chi connectivity index (χ3v) is 4.27. The monoisotopic (exact) mass is 389 g/mol. The smallest absolute Gasteiger partial charge is 0.256 e. The maximum Gasteiger partial charge on any atom is 0.256 e. The Kier molecular flexibility index (Phi) is 5.87. The van der Waals surface area contributed by atoms with Crippen molar-refractivity contribution in [1.82, 2.24) is 9.97 Å². The average molecular weight is 389 g/mol. The summed E-state index contributed by atoms with van der Waals surface area (Å²) < 4.78 is 5.35. The van der Waals surface area contributed by atoms with Gasteiger partial charge in [0.2, 0.25) is 0 Å². The van der Waals surface area contributed by atoms with Crippen LogP contribution in [0.15, 0.2) is 48.7 Å². The Hall–Kier alpha value is -3.74. The van der Waals surface area contributed by atoms with E-state index in [2.05, 4.69) is 20.6 Å². The first kappa shape index (κ1) is 20.0. The van der Waals surface area contributed by atoms with Crippen molar-refractivity contribution in [3.05, 3.63) is 71.2 Å². The minimum Gasteiger partial charge on any atom is -0.494 e. The van der Waals surface area contributed by atoms with Crippen molar-refractivity contribution in [1.29, 1.82) is 5.41 Å². The Labute approximate surface area is 169 Å². The van der Waals surface area contributed by atoms with Crippen LogP contribution in [0.5, 0.6) is 5.75 Å². The predicted molar refractivity (Wildman–Crippen MR) is 115 cm³/mol. The van der Waals surface area contributed by atoms with Crippen molar-refractivity contribution in [2.75, 3.05) is 17.7 Å². The van der Waals surface area contributed by atoms with Crippen LogP contribution < -0.4 is 15.4 Å². The quantitative estimate of drug-likeness (QED) is 0.540. The summed E-state index contributed by atoms with van der Waals surface area (Å²) >= 11 is 0. The number of para-hydroxylation sites is 1. The van der Waals surface area contributed by atoms with Crippen LogP contribution in [0, 0.1) is 19.3 Å². The van der Waals surface area contributed by atoms with Crippen molar-refractivity contribution >= 4 is 28.8 Å². The van der Waals surface area contributed by atoms with Gasteiger partial charge in [-0.3, -0.25) is 9.78 Å². The number of pyridine rings is 2. The van der Waals surface area contributed by atoms with E-state index < -0.39 is 0 Å². The van der Waals surface area contributed by atoms with Gasteiger partial charge in [-0.05, 0) is 39.0 Å². The van der Waals surface area contributed by atoms with Gasteiger partial charge in [0.25, 0.3) is 5.91 Å². The van der Waals surface area contributed by atoms with Crippen molar-refractivity contribution in [3.63, 3.8) is 0 Å². The molecule has 1 amide bonds. The lowest BCUT2D eigenvalue weighted by molar-refractivity contribution is 0.102. The van der Waals surface area contributed by atoms with Crippen LogP contribution in [0.25, 0.3) is 0 Å². The average Bonchev–Trinajstić information content (AvgIpc) is 2.69. The number of hydrogen-bond acceptors (Lipinski definition) is 6. The maximum absolute atomic E-state index is 13.1. The molecule has 2 aromatic heterocycles. The molecule has 0 fully saturated rings. The summed E-state index contributed by atoms with van der Waals surface area (Å²) in [6.45, 7) is 5.29. The highest BCUT2D eigenvalue weighted by Gasteiger charge is 2.20. The Balaban J connectivity index is 2.02. The Morgan fingerprint density at radius 3 is 2.48 bits per heavy atom. The molecule has 0 atom stereocenters. The SMILES string of the molecule is COc1cc(C)ncc1NC(=O)c1cc(C)nc(Nc2ccccc2)c1C(C)=N. The van der Waals surface area contributed by atoms with Crippen LogP contribution in [-0.2, 0) is 0 Å². The Bertz CT molecular complexity index is 1060. The summed E-state index contributed by atoms with van der Waals surface area (Å²) in [5, 5.41) is 14.3. The van der Waals surface area contributed by atoms with Gasteiger partial charge in [-0.25, -0.2) is 4.98 Å². The van der Waals surface area contributed by atoms with E-state index in [4.69, 9.17) is 10.1 Å². The fraction of sp³-hybridized carbons (Fsp3) is 0.182. The number of nitrogens with zero attached hydrogens (tertiary/aromatic N) is 2. The van der Waals surface area contributed by atoms with Gasteiger partial charge < -0.3 is 20.8 Å². The minimum atomic E-state index is -0.364. The summed E-state index contributed by atoms with van der Waals surface area (Å²) in [6, 6.07) is 12.9. The molecule has 0 bridgehead atoms. The lowest BCUT2D eigenvalue weighted by atomic mass is 10.0. The fourth-order valence-corrected chi connectivity index (χ4v) is 2.97.